The van der Waals surface area contributed by atoms with Crippen LogP contribution >= 0.6 is 0 Å². The monoisotopic (exact) mass is 194 g/mol. The third-order valence-corrected chi connectivity index (χ3v) is 1.43. The summed E-state index contributed by atoms with van der Waals surface area (Å²) in [6, 6.07) is -0.288. The molecule has 1 atom stereocenters. The number of aromatic nitrogens is 1. The standard InChI is InChI=1S/C7H6F4N2/c8-4-2-1-3-13-5(4)6(12)7(9,10)11/h1-3,6H,12H2/t6-/m1/s1. The van der Waals surface area contributed by atoms with Gasteiger partial charge in [0.05, 0.1) is 0 Å². The maximum Gasteiger partial charge on any atom is 0.409 e. The van der Waals surface area contributed by atoms with Crippen LogP contribution in [-0.4, -0.2) is 11.2 Å². The van der Waals surface area contributed by atoms with Crippen molar-refractivity contribution in [1.82, 2.24) is 4.98 Å². The molecule has 0 spiro atoms. The van der Waals surface area contributed by atoms with Gasteiger partial charge in [0.25, 0.3) is 0 Å². The lowest BCUT2D eigenvalue weighted by atomic mass is 10.2. The van der Waals surface area contributed by atoms with Gasteiger partial charge < -0.3 is 5.73 Å². The largest absolute Gasteiger partial charge is 0.409 e. The second-order valence-electron chi connectivity index (χ2n) is 2.39. The van der Waals surface area contributed by atoms with Gasteiger partial charge in [-0.1, -0.05) is 0 Å². The van der Waals surface area contributed by atoms with Gasteiger partial charge in [0.15, 0.2) is 0 Å². The topological polar surface area (TPSA) is 38.9 Å². The average Bonchev–Trinajstić information content (AvgIpc) is 2.02. The maximum atomic E-state index is 12.7. The van der Waals surface area contributed by atoms with E-state index in [1.165, 1.54) is 6.07 Å². The van der Waals surface area contributed by atoms with Crippen molar-refractivity contribution in [2.24, 2.45) is 5.73 Å². The molecule has 0 fully saturated rings. The van der Waals surface area contributed by atoms with Gasteiger partial charge >= 0.3 is 6.18 Å². The van der Waals surface area contributed by atoms with E-state index in [1.807, 2.05) is 0 Å². The molecule has 0 aliphatic carbocycles. The molecule has 1 heterocycles. The predicted molar refractivity (Wildman–Crippen MR) is 37.2 cm³/mol. The van der Waals surface area contributed by atoms with Crippen LogP contribution in [0.1, 0.15) is 11.7 Å². The molecule has 1 aromatic heterocycles. The Morgan fingerprint density at radius 3 is 2.46 bits per heavy atom. The number of halogens is 4. The van der Waals surface area contributed by atoms with Gasteiger partial charge in [-0.3, -0.25) is 4.98 Å². The Labute approximate surface area is 71.4 Å². The summed E-state index contributed by atoms with van der Waals surface area (Å²) in [6.45, 7) is 0. The first kappa shape index (κ1) is 9.91. The molecule has 0 aliphatic heterocycles. The predicted octanol–water partition coefficient (Wildman–Crippen LogP) is 1.78. The summed E-state index contributed by atoms with van der Waals surface area (Å²) < 4.78 is 48.7. The van der Waals surface area contributed by atoms with Crippen LogP contribution in [0.15, 0.2) is 18.3 Å². The Morgan fingerprint density at radius 2 is 2.00 bits per heavy atom. The van der Waals surface area contributed by atoms with Crippen molar-refractivity contribution in [2.45, 2.75) is 12.2 Å². The van der Waals surface area contributed by atoms with Crippen LogP contribution in [0.4, 0.5) is 17.6 Å². The smallest absolute Gasteiger partial charge is 0.315 e. The van der Waals surface area contributed by atoms with Crippen molar-refractivity contribution >= 4 is 0 Å². The molecule has 0 bridgehead atoms. The Morgan fingerprint density at radius 1 is 1.38 bits per heavy atom. The van der Waals surface area contributed by atoms with Crippen LogP contribution < -0.4 is 5.73 Å². The summed E-state index contributed by atoms with van der Waals surface area (Å²) >= 11 is 0. The van der Waals surface area contributed by atoms with Crippen LogP contribution in [0, 0.1) is 5.82 Å². The van der Waals surface area contributed by atoms with E-state index in [1.54, 1.807) is 0 Å². The van der Waals surface area contributed by atoms with Crippen LogP contribution in [0.25, 0.3) is 0 Å². The normalized spacial score (nSPS) is 14.2. The lowest BCUT2D eigenvalue weighted by Crippen LogP contribution is -2.30. The number of nitrogens with two attached hydrogens (primary N) is 1. The van der Waals surface area contributed by atoms with Gasteiger partial charge in [0.2, 0.25) is 0 Å². The molecule has 0 unspecified atom stereocenters. The first-order chi connectivity index (χ1) is 5.93. The van der Waals surface area contributed by atoms with Crippen molar-refractivity contribution < 1.29 is 17.6 Å². The van der Waals surface area contributed by atoms with Crippen molar-refractivity contribution in [1.29, 1.82) is 0 Å². The van der Waals surface area contributed by atoms with E-state index in [0.29, 0.717) is 0 Å². The van der Waals surface area contributed by atoms with E-state index in [2.05, 4.69) is 4.98 Å². The van der Waals surface area contributed by atoms with E-state index >= 15 is 0 Å². The molecule has 0 saturated heterocycles. The summed E-state index contributed by atoms with van der Waals surface area (Å²) in [6.07, 6.45) is -3.61. The summed E-state index contributed by atoms with van der Waals surface area (Å²) in [7, 11) is 0. The molecule has 0 amide bonds. The maximum absolute atomic E-state index is 12.7. The van der Waals surface area contributed by atoms with E-state index in [9.17, 15) is 17.6 Å². The average molecular weight is 194 g/mol. The van der Waals surface area contributed by atoms with Gasteiger partial charge in [-0.15, -0.1) is 0 Å². The second kappa shape index (κ2) is 3.29. The lowest BCUT2D eigenvalue weighted by molar-refractivity contribution is -0.150. The number of rotatable bonds is 1. The third-order valence-electron chi connectivity index (χ3n) is 1.43. The SMILES string of the molecule is N[C@H](c1ncccc1F)C(F)(F)F. The molecule has 0 aromatic carbocycles. The molecule has 0 aliphatic rings. The summed E-state index contributed by atoms with van der Waals surface area (Å²) in [5, 5.41) is 0. The molecule has 1 aromatic rings. The molecular weight excluding hydrogens is 188 g/mol. The number of alkyl halides is 3. The third kappa shape index (κ3) is 2.15. The zero-order chi connectivity index (χ0) is 10.1. The first-order valence-electron chi connectivity index (χ1n) is 3.35. The van der Waals surface area contributed by atoms with Crippen molar-refractivity contribution in [3.63, 3.8) is 0 Å². The van der Waals surface area contributed by atoms with Gasteiger partial charge in [0, 0.05) is 6.20 Å². The summed E-state index contributed by atoms with van der Waals surface area (Å²) in [4.78, 5) is 3.22. The molecule has 13 heavy (non-hydrogen) atoms. The van der Waals surface area contributed by atoms with Crippen LogP contribution in [0.3, 0.4) is 0 Å². The van der Waals surface area contributed by atoms with E-state index in [4.69, 9.17) is 5.73 Å². The molecule has 1 rings (SSSR count). The number of hydrogen-bond acceptors (Lipinski definition) is 2. The molecule has 72 valence electrons. The van der Waals surface area contributed by atoms with Crippen molar-refractivity contribution in [3.8, 4) is 0 Å². The van der Waals surface area contributed by atoms with E-state index in [-0.39, 0.29) is 0 Å². The quantitative estimate of drug-likeness (QED) is 0.692. The molecule has 0 radical (unpaired) electrons. The highest BCUT2D eigenvalue weighted by atomic mass is 19.4. The zero-order valence-electron chi connectivity index (χ0n) is 6.35. The highest BCUT2D eigenvalue weighted by molar-refractivity contribution is 5.12. The van der Waals surface area contributed by atoms with Gasteiger partial charge in [-0.2, -0.15) is 13.2 Å². The fourth-order valence-corrected chi connectivity index (χ4v) is 0.782. The molecule has 2 N–H and O–H groups in total. The summed E-state index contributed by atoms with van der Waals surface area (Å²) in [5.74, 6) is -1.05. The minimum Gasteiger partial charge on any atom is -0.315 e. The van der Waals surface area contributed by atoms with Crippen LogP contribution in [0.5, 0.6) is 0 Å². The van der Waals surface area contributed by atoms with Gasteiger partial charge in [-0.25, -0.2) is 4.39 Å². The number of pyridine rings is 1. The molecule has 6 heteroatoms. The molecule has 0 saturated carbocycles. The van der Waals surface area contributed by atoms with Crippen molar-refractivity contribution in [2.75, 3.05) is 0 Å². The van der Waals surface area contributed by atoms with Crippen LogP contribution in [0.2, 0.25) is 0 Å². The minimum absolute atomic E-state index is 0.782. The lowest BCUT2D eigenvalue weighted by Gasteiger charge is -2.14. The molecular formula is C7H6F4N2. The van der Waals surface area contributed by atoms with Gasteiger partial charge in [-0.05, 0) is 12.1 Å². The van der Waals surface area contributed by atoms with Crippen LogP contribution in [-0.2, 0) is 0 Å². The highest BCUT2D eigenvalue weighted by Gasteiger charge is 2.40. The minimum atomic E-state index is -4.67. The zero-order valence-corrected chi connectivity index (χ0v) is 6.35. The highest BCUT2D eigenvalue weighted by Crippen LogP contribution is 2.30. The van der Waals surface area contributed by atoms with E-state index in [0.717, 1.165) is 12.3 Å². The second-order valence-corrected chi connectivity index (χ2v) is 2.39. The van der Waals surface area contributed by atoms with E-state index < -0.39 is 23.7 Å². The number of nitrogens with zero attached hydrogens (tertiary/aromatic N) is 1. The first-order valence-corrected chi connectivity index (χ1v) is 3.35. The fraction of sp³-hybridized carbons (Fsp3) is 0.286. The Balaban J connectivity index is 3.02. The summed E-state index contributed by atoms with van der Waals surface area (Å²) in [5.41, 5.74) is 3.96. The fourth-order valence-electron chi connectivity index (χ4n) is 0.782. The molecule has 2 nitrogen and oxygen atoms in total. The number of hydrogen-bond donors (Lipinski definition) is 1. The Kier molecular flexibility index (Phi) is 2.51. The Hall–Kier alpha value is -1.17. The Bertz CT molecular complexity index is 297. The van der Waals surface area contributed by atoms with Gasteiger partial charge in [0.1, 0.15) is 17.6 Å². The van der Waals surface area contributed by atoms with Crippen molar-refractivity contribution in [3.05, 3.63) is 29.8 Å².